The van der Waals surface area contributed by atoms with Crippen molar-refractivity contribution >= 4 is 34.4 Å². The highest BCUT2D eigenvalue weighted by molar-refractivity contribution is 6.32. The zero-order valence-electron chi connectivity index (χ0n) is 16.2. The lowest BCUT2D eigenvalue weighted by Gasteiger charge is -2.16. The number of benzene rings is 3. The molecule has 0 saturated carbocycles. The van der Waals surface area contributed by atoms with Crippen molar-refractivity contribution in [2.24, 2.45) is 16.0 Å². The van der Waals surface area contributed by atoms with Gasteiger partial charge in [-0.25, -0.2) is 0 Å². The number of carbonyl (C=O) groups excluding carboxylic acids is 1. The molecule has 0 aromatic heterocycles. The van der Waals surface area contributed by atoms with Crippen molar-refractivity contribution in [2.75, 3.05) is 5.01 Å². The summed E-state index contributed by atoms with van der Waals surface area (Å²) in [5, 5.41) is 16.8. The lowest BCUT2D eigenvalue weighted by atomic mass is 9.92. The Balaban J connectivity index is 1.76. The fourth-order valence-electron chi connectivity index (χ4n) is 3.33. The van der Waals surface area contributed by atoms with E-state index in [1.165, 1.54) is 17.1 Å². The molecule has 1 heterocycles. The maximum atomic E-state index is 13.3. The van der Waals surface area contributed by atoms with Crippen LogP contribution in [0.2, 0.25) is 0 Å². The van der Waals surface area contributed by atoms with Gasteiger partial charge >= 0.3 is 0 Å². The molecule has 7 nitrogen and oxygen atoms in total. The first-order valence-corrected chi connectivity index (χ1v) is 9.37. The number of carbonyl (C=O) groups is 1. The standard InChI is InChI=1S/C23H18N4O3/c1-16-21(23(28)26(25-16)19-10-6-3-7-11-19)22(17-8-4-2-5-9-17)24-18-12-14-20(15-13-18)27(29)30/h2-15,21H,1H3. The SMILES string of the molecule is CC1=NN(c2ccccc2)C(=O)C1C(=Nc1ccc([N+](=O)[O-])cc1)c1ccccc1. The number of hydrazone groups is 1. The minimum Gasteiger partial charge on any atom is -0.271 e. The molecule has 1 aliphatic rings. The number of aliphatic imine (C=N–C) groups is 1. The molecule has 1 amide bonds. The zero-order valence-corrected chi connectivity index (χ0v) is 16.2. The zero-order chi connectivity index (χ0) is 21.1. The van der Waals surface area contributed by atoms with Crippen LogP contribution in [0, 0.1) is 16.0 Å². The fraction of sp³-hybridized carbons (Fsp3) is 0.0870. The Morgan fingerprint density at radius 3 is 2.17 bits per heavy atom. The predicted molar refractivity (Wildman–Crippen MR) is 116 cm³/mol. The molecule has 4 rings (SSSR count). The second-order valence-electron chi connectivity index (χ2n) is 6.80. The molecule has 30 heavy (non-hydrogen) atoms. The molecule has 0 radical (unpaired) electrons. The normalized spacial score (nSPS) is 16.5. The second-order valence-corrected chi connectivity index (χ2v) is 6.80. The van der Waals surface area contributed by atoms with E-state index >= 15 is 0 Å². The maximum Gasteiger partial charge on any atom is 0.269 e. The van der Waals surface area contributed by atoms with E-state index in [4.69, 9.17) is 4.99 Å². The van der Waals surface area contributed by atoms with Crippen molar-refractivity contribution in [1.82, 2.24) is 0 Å². The summed E-state index contributed by atoms with van der Waals surface area (Å²) in [6.45, 7) is 1.81. The molecule has 3 aromatic carbocycles. The van der Waals surface area contributed by atoms with Gasteiger partial charge in [0.25, 0.3) is 11.6 Å². The van der Waals surface area contributed by atoms with E-state index < -0.39 is 10.8 Å². The average Bonchev–Trinajstić information content (AvgIpc) is 3.07. The molecule has 0 bridgehead atoms. The van der Waals surface area contributed by atoms with Crippen molar-refractivity contribution in [2.45, 2.75) is 6.92 Å². The van der Waals surface area contributed by atoms with Crippen LogP contribution < -0.4 is 5.01 Å². The quantitative estimate of drug-likeness (QED) is 0.353. The molecular weight excluding hydrogens is 380 g/mol. The summed E-state index contributed by atoms with van der Waals surface area (Å²) >= 11 is 0. The Morgan fingerprint density at radius 2 is 1.57 bits per heavy atom. The molecule has 0 saturated heterocycles. The molecule has 1 aliphatic heterocycles. The van der Waals surface area contributed by atoms with Crippen molar-refractivity contribution in [3.8, 4) is 0 Å². The van der Waals surface area contributed by atoms with Crippen LogP contribution in [-0.2, 0) is 4.79 Å². The average molecular weight is 398 g/mol. The van der Waals surface area contributed by atoms with Gasteiger partial charge in [-0.1, -0.05) is 48.5 Å². The fourth-order valence-corrected chi connectivity index (χ4v) is 3.33. The summed E-state index contributed by atoms with van der Waals surface area (Å²) in [5.74, 6) is -0.842. The highest BCUT2D eigenvalue weighted by atomic mass is 16.6. The number of rotatable bonds is 5. The van der Waals surface area contributed by atoms with E-state index in [1.54, 1.807) is 19.1 Å². The highest BCUT2D eigenvalue weighted by Gasteiger charge is 2.38. The lowest BCUT2D eigenvalue weighted by molar-refractivity contribution is -0.384. The molecule has 148 valence electrons. The third-order valence-electron chi connectivity index (χ3n) is 4.79. The van der Waals surface area contributed by atoms with Crippen LogP contribution in [-0.4, -0.2) is 22.3 Å². The third-order valence-corrected chi connectivity index (χ3v) is 4.79. The van der Waals surface area contributed by atoms with Crippen LogP contribution in [0.4, 0.5) is 17.1 Å². The Labute approximate surface area is 173 Å². The van der Waals surface area contributed by atoms with Gasteiger partial charge in [-0.2, -0.15) is 10.1 Å². The third kappa shape index (κ3) is 3.73. The topological polar surface area (TPSA) is 88.2 Å². The number of nitro benzene ring substituents is 1. The number of anilines is 1. The number of hydrogen-bond donors (Lipinski definition) is 0. The number of para-hydroxylation sites is 1. The number of hydrogen-bond acceptors (Lipinski definition) is 5. The molecule has 7 heteroatoms. The van der Waals surface area contributed by atoms with E-state index in [1.807, 2.05) is 60.7 Å². The van der Waals surface area contributed by atoms with Gasteiger partial charge in [0, 0.05) is 12.1 Å². The van der Waals surface area contributed by atoms with Gasteiger partial charge in [0.1, 0.15) is 5.92 Å². The summed E-state index contributed by atoms with van der Waals surface area (Å²) in [7, 11) is 0. The number of non-ortho nitro benzene ring substituents is 1. The number of amides is 1. The Bertz CT molecular complexity index is 1140. The first-order chi connectivity index (χ1) is 14.5. The first kappa shape index (κ1) is 19.2. The maximum absolute atomic E-state index is 13.3. The molecule has 1 unspecified atom stereocenters. The number of nitro groups is 1. The molecule has 0 spiro atoms. The molecule has 0 fully saturated rings. The van der Waals surface area contributed by atoms with Crippen LogP contribution >= 0.6 is 0 Å². The highest BCUT2D eigenvalue weighted by Crippen LogP contribution is 2.28. The minimum atomic E-state index is -0.650. The predicted octanol–water partition coefficient (Wildman–Crippen LogP) is 4.75. The summed E-state index contributed by atoms with van der Waals surface area (Å²) < 4.78 is 0. The Kier molecular flexibility index (Phi) is 5.17. The molecular formula is C23H18N4O3. The molecule has 0 aliphatic carbocycles. The van der Waals surface area contributed by atoms with Gasteiger partial charge in [-0.15, -0.1) is 0 Å². The Morgan fingerprint density at radius 1 is 0.967 bits per heavy atom. The van der Waals surface area contributed by atoms with Crippen molar-refractivity contribution < 1.29 is 9.72 Å². The van der Waals surface area contributed by atoms with Crippen molar-refractivity contribution in [3.05, 3.63) is 101 Å². The first-order valence-electron chi connectivity index (χ1n) is 9.37. The summed E-state index contributed by atoms with van der Waals surface area (Å²) in [6, 6.07) is 24.6. The van der Waals surface area contributed by atoms with Crippen LogP contribution in [0.15, 0.2) is 95.0 Å². The number of nitrogens with zero attached hydrogens (tertiary/aromatic N) is 4. The summed E-state index contributed by atoms with van der Waals surface area (Å²) in [6.07, 6.45) is 0. The minimum absolute atomic E-state index is 0.0138. The lowest BCUT2D eigenvalue weighted by Crippen LogP contribution is -2.33. The van der Waals surface area contributed by atoms with Crippen LogP contribution in [0.1, 0.15) is 12.5 Å². The molecule has 3 aromatic rings. The van der Waals surface area contributed by atoms with Gasteiger partial charge in [-0.05, 0) is 36.8 Å². The van der Waals surface area contributed by atoms with Crippen LogP contribution in [0.5, 0.6) is 0 Å². The van der Waals surface area contributed by atoms with E-state index in [2.05, 4.69) is 5.10 Å². The monoisotopic (exact) mass is 398 g/mol. The van der Waals surface area contributed by atoms with E-state index in [9.17, 15) is 14.9 Å². The largest absolute Gasteiger partial charge is 0.271 e. The van der Waals surface area contributed by atoms with Crippen molar-refractivity contribution in [1.29, 1.82) is 0 Å². The van der Waals surface area contributed by atoms with Crippen LogP contribution in [0.25, 0.3) is 0 Å². The van der Waals surface area contributed by atoms with Gasteiger partial charge in [0.05, 0.1) is 27.7 Å². The van der Waals surface area contributed by atoms with Crippen molar-refractivity contribution in [3.63, 3.8) is 0 Å². The van der Waals surface area contributed by atoms with Gasteiger partial charge < -0.3 is 0 Å². The van der Waals surface area contributed by atoms with Gasteiger partial charge in [0.2, 0.25) is 0 Å². The molecule has 1 atom stereocenters. The van der Waals surface area contributed by atoms with E-state index in [0.29, 0.717) is 22.8 Å². The summed E-state index contributed by atoms with van der Waals surface area (Å²) in [4.78, 5) is 28.5. The smallest absolute Gasteiger partial charge is 0.269 e. The van der Waals surface area contributed by atoms with E-state index in [0.717, 1.165) is 5.56 Å². The van der Waals surface area contributed by atoms with Crippen LogP contribution in [0.3, 0.4) is 0 Å². The molecule has 0 N–H and O–H groups in total. The Hall–Kier alpha value is -4.13. The summed E-state index contributed by atoms with van der Waals surface area (Å²) in [5.41, 5.74) is 3.17. The second kappa shape index (κ2) is 8.08. The van der Waals surface area contributed by atoms with Gasteiger partial charge in [-0.3, -0.25) is 19.9 Å². The van der Waals surface area contributed by atoms with Gasteiger partial charge in [0.15, 0.2) is 0 Å². The van der Waals surface area contributed by atoms with E-state index in [-0.39, 0.29) is 11.6 Å².